The van der Waals surface area contributed by atoms with Gasteiger partial charge in [0.1, 0.15) is 5.60 Å². The van der Waals surface area contributed by atoms with Gasteiger partial charge in [-0.2, -0.15) is 0 Å². The molecule has 0 aliphatic rings. The average Bonchev–Trinajstić information content (AvgIpc) is 2.79. The van der Waals surface area contributed by atoms with Gasteiger partial charge >= 0.3 is 0 Å². The maximum absolute atomic E-state index is 9.99. The Morgan fingerprint density at radius 2 is 1.95 bits per heavy atom. The van der Waals surface area contributed by atoms with Crippen LogP contribution in [0, 0.1) is 0 Å². The quantitative estimate of drug-likeness (QED) is 0.774. The van der Waals surface area contributed by atoms with E-state index in [1.54, 1.807) is 26.4 Å². The summed E-state index contributed by atoms with van der Waals surface area (Å²) >= 11 is 0. The van der Waals surface area contributed by atoms with Gasteiger partial charge in [0.15, 0.2) is 5.82 Å². The molecule has 2 heterocycles. The summed E-state index contributed by atoms with van der Waals surface area (Å²) in [7, 11) is 1.96. The van der Waals surface area contributed by atoms with Crippen LogP contribution in [-0.2, 0) is 12.6 Å². The molecule has 5 heteroatoms. The maximum atomic E-state index is 9.99. The summed E-state index contributed by atoms with van der Waals surface area (Å²) < 4.78 is 1.97. The summed E-state index contributed by atoms with van der Waals surface area (Å²) in [5.74, 6) is 0.413. The van der Waals surface area contributed by atoms with Crippen LogP contribution < -0.4 is 0 Å². The number of hydrogen-bond donors (Lipinski definition) is 1. The lowest BCUT2D eigenvalue weighted by Crippen LogP contribution is -2.19. The van der Waals surface area contributed by atoms with Gasteiger partial charge < -0.3 is 9.67 Å². The molecule has 5 nitrogen and oxygen atoms in total. The largest absolute Gasteiger partial charge is 0.382 e. The lowest BCUT2D eigenvalue weighted by Gasteiger charge is -2.15. The molecular formula is C15H16N4O. The Morgan fingerprint density at radius 3 is 2.70 bits per heavy atom. The summed E-state index contributed by atoms with van der Waals surface area (Å²) in [6.07, 6.45) is 3.45. The van der Waals surface area contributed by atoms with Crippen LogP contribution in [0.4, 0.5) is 0 Å². The smallest absolute Gasteiger partial charge is 0.159 e. The predicted octanol–water partition coefficient (Wildman–Crippen LogP) is 2.26. The molecule has 0 bridgehead atoms. The molecule has 3 rings (SSSR count). The van der Waals surface area contributed by atoms with Gasteiger partial charge in [-0.05, 0) is 32.0 Å². The van der Waals surface area contributed by atoms with Gasteiger partial charge in [-0.25, -0.2) is 15.0 Å². The van der Waals surface area contributed by atoms with E-state index in [-0.39, 0.29) is 0 Å². The molecule has 0 fully saturated rings. The van der Waals surface area contributed by atoms with E-state index in [9.17, 15) is 5.11 Å². The number of hydrogen-bond acceptors (Lipinski definition) is 4. The number of fused-ring (bicyclic) bond motifs is 1. The van der Waals surface area contributed by atoms with E-state index in [0.717, 1.165) is 22.3 Å². The first kappa shape index (κ1) is 12.7. The highest BCUT2D eigenvalue weighted by molar-refractivity contribution is 5.81. The highest BCUT2D eigenvalue weighted by Gasteiger charge is 2.20. The maximum Gasteiger partial charge on any atom is 0.159 e. The second kappa shape index (κ2) is 4.38. The lowest BCUT2D eigenvalue weighted by molar-refractivity contribution is 0.0688. The third-order valence-electron chi connectivity index (χ3n) is 3.22. The third-order valence-corrected chi connectivity index (χ3v) is 3.22. The van der Waals surface area contributed by atoms with Gasteiger partial charge in [0.2, 0.25) is 0 Å². The van der Waals surface area contributed by atoms with Gasteiger partial charge in [0.05, 0.1) is 23.1 Å². The molecule has 20 heavy (non-hydrogen) atoms. The van der Waals surface area contributed by atoms with E-state index in [1.165, 1.54) is 0 Å². The highest BCUT2D eigenvalue weighted by Crippen LogP contribution is 2.23. The van der Waals surface area contributed by atoms with Crippen LogP contribution in [0.5, 0.6) is 0 Å². The lowest BCUT2D eigenvalue weighted by atomic mass is 10.1. The number of aryl methyl sites for hydroxylation is 1. The van der Waals surface area contributed by atoms with Gasteiger partial charge in [-0.1, -0.05) is 6.07 Å². The van der Waals surface area contributed by atoms with Gasteiger partial charge in [-0.3, -0.25) is 0 Å². The van der Waals surface area contributed by atoms with E-state index in [2.05, 4.69) is 15.0 Å². The molecule has 0 atom stereocenters. The molecule has 0 amide bonds. The van der Waals surface area contributed by atoms with Crippen molar-refractivity contribution in [2.45, 2.75) is 19.4 Å². The van der Waals surface area contributed by atoms with Crippen molar-refractivity contribution in [1.82, 2.24) is 19.5 Å². The Hall–Kier alpha value is -2.27. The van der Waals surface area contributed by atoms with Crippen LogP contribution in [-0.4, -0.2) is 24.6 Å². The first-order chi connectivity index (χ1) is 9.45. The normalized spacial score (nSPS) is 12.0. The third kappa shape index (κ3) is 2.16. The van der Waals surface area contributed by atoms with E-state index in [4.69, 9.17) is 0 Å². The number of rotatable bonds is 2. The molecule has 0 saturated carbocycles. The summed E-state index contributed by atoms with van der Waals surface area (Å²) in [6.45, 7) is 3.35. The zero-order valence-corrected chi connectivity index (χ0v) is 11.7. The van der Waals surface area contributed by atoms with Crippen LogP contribution in [0.3, 0.4) is 0 Å². The summed E-state index contributed by atoms with van der Waals surface area (Å²) in [4.78, 5) is 12.9. The second-order valence-electron chi connectivity index (χ2n) is 5.38. The summed E-state index contributed by atoms with van der Waals surface area (Å²) in [5, 5.41) is 9.99. The Kier molecular flexibility index (Phi) is 2.79. The molecule has 0 spiro atoms. The van der Waals surface area contributed by atoms with Crippen LogP contribution in [0.1, 0.15) is 19.7 Å². The summed E-state index contributed by atoms with van der Waals surface area (Å²) in [5.41, 5.74) is 2.69. The molecule has 0 unspecified atom stereocenters. The Morgan fingerprint density at radius 1 is 1.15 bits per heavy atom. The fraction of sp³-hybridized carbons (Fsp3) is 0.267. The van der Waals surface area contributed by atoms with Crippen LogP contribution in [0.2, 0.25) is 0 Å². The SMILES string of the molecule is Cn1cnc2cc(-c3ccnc(C(C)(C)O)n3)ccc21. The Balaban J connectivity index is 2.11. The Labute approximate surface area is 117 Å². The van der Waals surface area contributed by atoms with Crippen molar-refractivity contribution in [3.8, 4) is 11.3 Å². The fourth-order valence-corrected chi connectivity index (χ4v) is 2.11. The fourth-order valence-electron chi connectivity index (χ4n) is 2.11. The second-order valence-corrected chi connectivity index (χ2v) is 5.38. The van der Waals surface area contributed by atoms with Crippen LogP contribution in [0.15, 0.2) is 36.8 Å². The highest BCUT2D eigenvalue weighted by atomic mass is 16.3. The molecule has 1 aromatic carbocycles. The first-order valence-corrected chi connectivity index (χ1v) is 6.42. The van der Waals surface area contributed by atoms with Gasteiger partial charge in [-0.15, -0.1) is 0 Å². The molecule has 0 radical (unpaired) electrons. The van der Waals surface area contributed by atoms with Crippen molar-refractivity contribution >= 4 is 11.0 Å². The number of benzene rings is 1. The molecule has 0 aliphatic heterocycles. The van der Waals surface area contributed by atoms with Crippen molar-refractivity contribution in [1.29, 1.82) is 0 Å². The van der Waals surface area contributed by atoms with Gasteiger partial charge in [0.25, 0.3) is 0 Å². The standard InChI is InChI=1S/C15H16N4O/c1-15(2,20)14-16-7-6-11(18-14)10-4-5-13-12(8-10)17-9-19(13)3/h4-9,20H,1-3H3. The number of nitrogens with zero attached hydrogens (tertiary/aromatic N) is 4. The molecule has 2 aromatic heterocycles. The number of aliphatic hydroxyl groups is 1. The van der Waals surface area contributed by atoms with Gasteiger partial charge in [0, 0.05) is 18.8 Å². The minimum absolute atomic E-state index is 0.413. The summed E-state index contributed by atoms with van der Waals surface area (Å²) in [6, 6.07) is 7.84. The zero-order chi connectivity index (χ0) is 14.3. The van der Waals surface area contributed by atoms with E-state index >= 15 is 0 Å². The van der Waals surface area contributed by atoms with Crippen LogP contribution >= 0.6 is 0 Å². The first-order valence-electron chi connectivity index (χ1n) is 6.42. The van der Waals surface area contributed by atoms with E-state index in [1.807, 2.05) is 35.9 Å². The van der Waals surface area contributed by atoms with Crippen LogP contribution in [0.25, 0.3) is 22.3 Å². The van der Waals surface area contributed by atoms with Crippen molar-refractivity contribution in [2.24, 2.45) is 7.05 Å². The van der Waals surface area contributed by atoms with Crippen molar-refractivity contribution < 1.29 is 5.11 Å². The van der Waals surface area contributed by atoms with Crippen molar-refractivity contribution in [3.63, 3.8) is 0 Å². The molecule has 102 valence electrons. The predicted molar refractivity (Wildman–Crippen MR) is 77.0 cm³/mol. The molecule has 0 saturated heterocycles. The topological polar surface area (TPSA) is 63.8 Å². The van der Waals surface area contributed by atoms with Crippen molar-refractivity contribution in [3.05, 3.63) is 42.6 Å². The Bertz CT molecular complexity index is 771. The molecule has 3 aromatic rings. The minimum atomic E-state index is -1.05. The average molecular weight is 268 g/mol. The van der Waals surface area contributed by atoms with Crippen molar-refractivity contribution in [2.75, 3.05) is 0 Å². The van der Waals surface area contributed by atoms with E-state index < -0.39 is 5.60 Å². The molecular weight excluding hydrogens is 252 g/mol. The number of aromatic nitrogens is 4. The minimum Gasteiger partial charge on any atom is -0.382 e. The molecule has 1 N–H and O–H groups in total. The molecule has 0 aliphatic carbocycles. The monoisotopic (exact) mass is 268 g/mol. The zero-order valence-electron chi connectivity index (χ0n) is 11.7. The number of imidazole rings is 1. The van der Waals surface area contributed by atoms with E-state index in [0.29, 0.717) is 5.82 Å².